The molecule has 2 fully saturated rings. The topological polar surface area (TPSA) is 89.7 Å². The van der Waals surface area contributed by atoms with E-state index in [1.54, 1.807) is 18.7 Å². The Kier molecular flexibility index (Phi) is 6.55. The molecule has 7 nitrogen and oxygen atoms in total. The summed E-state index contributed by atoms with van der Waals surface area (Å²) in [5.74, 6) is -0.448. The monoisotopic (exact) mass is 456 g/mol. The van der Waals surface area contributed by atoms with Crippen molar-refractivity contribution >= 4 is 28.9 Å². The standard InChI is InChI=1S/C20H23F3N4O3S/c1-19(2)17(29)26(13-9-15(20(21,22)23)16(10-24)25-11-13)18(31)27(19)12-3-5-14(6-4-12)30-8-7-28/h9,11-12,14,28H,3-8H2,1-2H3. The molecule has 0 atom stereocenters. The lowest BCUT2D eigenvalue weighted by molar-refractivity contribution is -0.138. The van der Waals surface area contributed by atoms with Crippen LogP contribution in [0.3, 0.4) is 0 Å². The number of carbonyl (C=O) groups is 1. The Balaban J connectivity index is 1.88. The highest BCUT2D eigenvalue weighted by Crippen LogP contribution is 2.40. The average molecular weight is 456 g/mol. The maximum absolute atomic E-state index is 13.4. The Morgan fingerprint density at radius 3 is 2.55 bits per heavy atom. The van der Waals surface area contributed by atoms with Gasteiger partial charge in [0, 0.05) is 6.04 Å². The molecule has 1 aromatic heterocycles. The Morgan fingerprint density at radius 2 is 2.00 bits per heavy atom. The number of hydrogen-bond donors (Lipinski definition) is 1. The van der Waals surface area contributed by atoms with Gasteiger partial charge in [-0.3, -0.25) is 9.69 Å². The minimum atomic E-state index is -4.79. The first-order valence-corrected chi connectivity index (χ1v) is 10.3. The smallest absolute Gasteiger partial charge is 0.394 e. The van der Waals surface area contributed by atoms with Crippen LogP contribution in [0.5, 0.6) is 0 Å². The summed E-state index contributed by atoms with van der Waals surface area (Å²) in [5.41, 5.74) is -3.13. The molecule has 1 aliphatic carbocycles. The van der Waals surface area contributed by atoms with Crippen molar-refractivity contribution in [1.82, 2.24) is 9.88 Å². The van der Waals surface area contributed by atoms with Crippen LogP contribution in [0, 0.1) is 11.3 Å². The van der Waals surface area contributed by atoms with Gasteiger partial charge in [0.05, 0.1) is 36.8 Å². The molecule has 1 N–H and O–H groups in total. The van der Waals surface area contributed by atoms with E-state index in [1.807, 2.05) is 0 Å². The summed E-state index contributed by atoms with van der Waals surface area (Å²) in [7, 11) is 0. The van der Waals surface area contributed by atoms with Crippen LogP contribution in [-0.2, 0) is 15.7 Å². The molecule has 11 heteroatoms. The summed E-state index contributed by atoms with van der Waals surface area (Å²) in [5, 5.41) is 18.0. The number of amides is 1. The number of rotatable bonds is 5. The zero-order valence-electron chi connectivity index (χ0n) is 17.1. The number of nitrogens with zero attached hydrogens (tertiary/aromatic N) is 4. The normalized spacial score (nSPS) is 23.9. The first kappa shape index (κ1) is 23.4. The van der Waals surface area contributed by atoms with Crippen LogP contribution in [0.4, 0.5) is 18.9 Å². The van der Waals surface area contributed by atoms with Gasteiger partial charge in [0.15, 0.2) is 10.8 Å². The molecule has 0 radical (unpaired) electrons. The quantitative estimate of drug-likeness (QED) is 0.682. The van der Waals surface area contributed by atoms with Crippen molar-refractivity contribution in [2.24, 2.45) is 0 Å². The van der Waals surface area contributed by atoms with E-state index in [4.69, 9.17) is 27.3 Å². The second kappa shape index (κ2) is 8.68. The first-order valence-electron chi connectivity index (χ1n) is 9.90. The molecule has 0 unspecified atom stereocenters. The molecule has 2 heterocycles. The predicted molar refractivity (Wildman–Crippen MR) is 109 cm³/mol. The highest BCUT2D eigenvalue weighted by molar-refractivity contribution is 7.80. The first-order chi connectivity index (χ1) is 14.5. The fraction of sp³-hybridized carbons (Fsp3) is 0.600. The van der Waals surface area contributed by atoms with Crippen LogP contribution in [-0.4, -0.2) is 56.9 Å². The Bertz CT molecular complexity index is 908. The highest BCUT2D eigenvalue weighted by atomic mass is 32.1. The van der Waals surface area contributed by atoms with Crippen LogP contribution in [0.2, 0.25) is 0 Å². The van der Waals surface area contributed by atoms with Gasteiger partial charge in [-0.05, 0) is 57.8 Å². The van der Waals surface area contributed by atoms with Crippen molar-refractivity contribution in [2.75, 3.05) is 18.1 Å². The van der Waals surface area contributed by atoms with Crippen molar-refractivity contribution in [3.63, 3.8) is 0 Å². The minimum Gasteiger partial charge on any atom is -0.394 e. The summed E-state index contributed by atoms with van der Waals surface area (Å²) in [6.07, 6.45) is -0.861. The van der Waals surface area contributed by atoms with Gasteiger partial charge in [0.2, 0.25) is 0 Å². The molecule has 1 saturated heterocycles. The number of ether oxygens (including phenoxy) is 1. The Hall–Kier alpha value is -2.29. The number of aromatic nitrogens is 1. The van der Waals surface area contributed by atoms with E-state index in [0.717, 1.165) is 30.0 Å². The number of halogens is 3. The highest BCUT2D eigenvalue weighted by Gasteiger charge is 2.52. The van der Waals surface area contributed by atoms with E-state index in [0.29, 0.717) is 12.8 Å². The van der Waals surface area contributed by atoms with Gasteiger partial charge >= 0.3 is 6.18 Å². The fourth-order valence-electron chi connectivity index (χ4n) is 4.22. The molecule has 31 heavy (non-hydrogen) atoms. The maximum Gasteiger partial charge on any atom is 0.419 e. The molecular weight excluding hydrogens is 433 g/mol. The van der Waals surface area contributed by atoms with E-state index in [1.165, 1.54) is 6.07 Å². The molecular formula is C20H23F3N4O3S. The third-order valence-corrected chi connectivity index (χ3v) is 6.10. The van der Waals surface area contributed by atoms with Gasteiger partial charge in [0.1, 0.15) is 11.6 Å². The minimum absolute atomic E-state index is 0.0200. The van der Waals surface area contributed by atoms with Crippen LogP contribution in [0.1, 0.15) is 50.8 Å². The molecule has 1 aliphatic heterocycles. The van der Waals surface area contributed by atoms with Crippen molar-refractivity contribution in [3.8, 4) is 6.07 Å². The van der Waals surface area contributed by atoms with Crippen LogP contribution in [0.25, 0.3) is 0 Å². The summed E-state index contributed by atoms with van der Waals surface area (Å²) >= 11 is 5.54. The number of nitriles is 1. The molecule has 1 saturated carbocycles. The van der Waals surface area contributed by atoms with Crippen molar-refractivity contribution in [3.05, 3.63) is 23.5 Å². The van der Waals surface area contributed by atoms with Crippen LogP contribution < -0.4 is 4.90 Å². The molecule has 0 spiro atoms. The lowest BCUT2D eigenvalue weighted by Gasteiger charge is -2.40. The predicted octanol–water partition coefficient (Wildman–Crippen LogP) is 3.00. The van der Waals surface area contributed by atoms with Crippen LogP contribution in [0.15, 0.2) is 12.3 Å². The molecule has 1 amide bonds. The number of thiocarbonyl (C=S) groups is 1. The number of anilines is 1. The van der Waals surface area contributed by atoms with Gasteiger partial charge in [0.25, 0.3) is 5.91 Å². The van der Waals surface area contributed by atoms with E-state index < -0.39 is 28.9 Å². The van der Waals surface area contributed by atoms with E-state index in [2.05, 4.69) is 4.98 Å². The van der Waals surface area contributed by atoms with Crippen LogP contribution >= 0.6 is 12.2 Å². The summed E-state index contributed by atoms with van der Waals surface area (Å²) in [6, 6.07) is 2.11. The largest absolute Gasteiger partial charge is 0.419 e. The number of aliphatic hydroxyl groups excluding tert-OH is 1. The van der Waals surface area contributed by atoms with Gasteiger partial charge in [-0.1, -0.05) is 0 Å². The molecule has 168 valence electrons. The summed E-state index contributed by atoms with van der Waals surface area (Å²) in [4.78, 5) is 19.7. The van der Waals surface area contributed by atoms with E-state index >= 15 is 0 Å². The fourth-order valence-corrected chi connectivity index (χ4v) is 4.79. The van der Waals surface area contributed by atoms with E-state index in [-0.39, 0.29) is 36.2 Å². The molecule has 0 aromatic carbocycles. The number of aliphatic hydroxyl groups is 1. The zero-order chi connectivity index (χ0) is 23.0. The second-order valence-corrected chi connectivity index (χ2v) is 8.44. The third-order valence-electron chi connectivity index (χ3n) is 5.72. The van der Waals surface area contributed by atoms with Gasteiger partial charge in [-0.15, -0.1) is 0 Å². The molecule has 1 aromatic rings. The van der Waals surface area contributed by atoms with E-state index in [9.17, 15) is 18.0 Å². The lowest BCUT2D eigenvalue weighted by Crippen LogP contribution is -2.51. The molecule has 2 aliphatic rings. The van der Waals surface area contributed by atoms with Gasteiger partial charge in [-0.2, -0.15) is 18.4 Å². The summed E-state index contributed by atoms with van der Waals surface area (Å²) < 4.78 is 45.7. The Morgan fingerprint density at radius 1 is 1.35 bits per heavy atom. The van der Waals surface area contributed by atoms with Crippen molar-refractivity contribution in [1.29, 1.82) is 5.26 Å². The molecule has 0 bridgehead atoms. The lowest BCUT2D eigenvalue weighted by atomic mass is 9.89. The number of pyridine rings is 1. The van der Waals surface area contributed by atoms with Gasteiger partial charge < -0.3 is 14.7 Å². The van der Waals surface area contributed by atoms with Crippen molar-refractivity contribution in [2.45, 2.75) is 63.4 Å². The zero-order valence-corrected chi connectivity index (χ0v) is 18.0. The summed E-state index contributed by atoms with van der Waals surface area (Å²) in [6.45, 7) is 3.60. The second-order valence-electron chi connectivity index (χ2n) is 8.08. The number of carbonyl (C=O) groups excluding carboxylic acids is 1. The van der Waals surface area contributed by atoms with Gasteiger partial charge in [-0.25, -0.2) is 4.98 Å². The third kappa shape index (κ3) is 4.37. The average Bonchev–Trinajstić information content (AvgIpc) is 2.90. The Labute approximate surface area is 183 Å². The number of alkyl halides is 3. The maximum atomic E-state index is 13.4. The SMILES string of the molecule is CC1(C)C(=O)N(c2cnc(C#N)c(C(F)(F)F)c2)C(=S)N1C1CCC(OCCO)CC1. The molecule has 3 rings (SSSR count). The van der Waals surface area contributed by atoms with Crippen molar-refractivity contribution < 1.29 is 27.8 Å². The number of hydrogen-bond acceptors (Lipinski definition) is 6.